The first kappa shape index (κ1) is 18.5. The fourth-order valence-electron chi connectivity index (χ4n) is 3.01. The molecule has 3 aromatic rings. The molecule has 0 radical (unpaired) electrons. The van der Waals surface area contributed by atoms with Crippen LogP contribution < -0.4 is 9.47 Å². The Morgan fingerprint density at radius 3 is 2.56 bits per heavy atom. The van der Waals surface area contributed by atoms with Gasteiger partial charge in [-0.15, -0.1) is 0 Å². The Bertz CT molecular complexity index is 993. The zero-order valence-corrected chi connectivity index (χ0v) is 15.7. The van der Waals surface area contributed by atoms with Crippen molar-refractivity contribution < 1.29 is 9.47 Å². The second-order valence-electron chi connectivity index (χ2n) is 6.18. The van der Waals surface area contributed by atoms with Gasteiger partial charge in [-0.2, -0.15) is 5.26 Å². The highest BCUT2D eigenvalue weighted by Crippen LogP contribution is 2.31. The molecular weight excluding hydrogens is 334 g/mol. The van der Waals surface area contributed by atoms with E-state index in [1.807, 2.05) is 61.5 Å². The van der Waals surface area contributed by atoms with Crippen LogP contribution in [0.25, 0.3) is 22.4 Å². The van der Waals surface area contributed by atoms with Gasteiger partial charge in [-0.3, -0.25) is 0 Å². The number of rotatable bonds is 7. The van der Waals surface area contributed by atoms with Gasteiger partial charge in [0.25, 0.3) is 0 Å². The van der Waals surface area contributed by atoms with E-state index >= 15 is 0 Å². The molecule has 0 aliphatic heterocycles. The van der Waals surface area contributed by atoms with E-state index in [1.165, 1.54) is 0 Å². The molecule has 0 bridgehead atoms. The van der Waals surface area contributed by atoms with Crippen molar-refractivity contribution >= 4 is 22.4 Å². The third-order valence-electron chi connectivity index (χ3n) is 4.24. The van der Waals surface area contributed by atoms with Gasteiger partial charge in [0, 0.05) is 5.56 Å². The highest BCUT2D eigenvalue weighted by atomic mass is 16.5. The number of hydrogen-bond donors (Lipinski definition) is 0. The predicted octanol–water partition coefficient (Wildman–Crippen LogP) is 6.09. The van der Waals surface area contributed by atoms with E-state index in [0.29, 0.717) is 24.5 Å². The first-order valence-electron chi connectivity index (χ1n) is 9.26. The quantitative estimate of drug-likeness (QED) is 0.379. The minimum atomic E-state index is 0.560. The van der Waals surface area contributed by atoms with Crippen molar-refractivity contribution in [3.8, 4) is 17.6 Å². The van der Waals surface area contributed by atoms with Crippen LogP contribution in [0, 0.1) is 11.3 Å². The molecule has 0 amide bonds. The normalized spacial score (nSPS) is 11.2. The van der Waals surface area contributed by atoms with Gasteiger partial charge >= 0.3 is 0 Å². The maximum atomic E-state index is 9.77. The van der Waals surface area contributed by atoms with Crippen LogP contribution in [-0.4, -0.2) is 13.2 Å². The Kier molecular flexibility index (Phi) is 6.12. The van der Waals surface area contributed by atoms with Gasteiger partial charge in [-0.25, -0.2) is 0 Å². The summed E-state index contributed by atoms with van der Waals surface area (Å²) in [6.07, 6.45) is 2.83. The molecule has 0 N–H and O–H groups in total. The predicted molar refractivity (Wildman–Crippen MR) is 111 cm³/mol. The molecule has 0 atom stereocenters. The van der Waals surface area contributed by atoms with Crippen molar-refractivity contribution in [1.29, 1.82) is 5.26 Å². The van der Waals surface area contributed by atoms with Crippen molar-refractivity contribution in [2.45, 2.75) is 20.3 Å². The third-order valence-corrected chi connectivity index (χ3v) is 4.24. The molecule has 0 aliphatic carbocycles. The van der Waals surface area contributed by atoms with E-state index in [0.717, 1.165) is 34.1 Å². The monoisotopic (exact) mass is 357 g/mol. The lowest BCUT2D eigenvalue weighted by Gasteiger charge is -2.12. The third kappa shape index (κ3) is 4.30. The van der Waals surface area contributed by atoms with Crippen molar-refractivity contribution in [3.05, 3.63) is 71.8 Å². The fourth-order valence-corrected chi connectivity index (χ4v) is 3.01. The van der Waals surface area contributed by atoms with Crippen LogP contribution >= 0.6 is 0 Å². The van der Waals surface area contributed by atoms with Gasteiger partial charge in [0.1, 0.15) is 0 Å². The van der Waals surface area contributed by atoms with Crippen LogP contribution in [-0.2, 0) is 0 Å². The van der Waals surface area contributed by atoms with Gasteiger partial charge in [-0.1, -0.05) is 55.5 Å². The van der Waals surface area contributed by atoms with Crippen LogP contribution in [0.1, 0.15) is 31.4 Å². The molecular formula is C24H23NO2. The molecule has 0 unspecified atom stereocenters. The number of allylic oxidation sites excluding steroid dienone is 1. The number of nitrogens with zero attached hydrogens (tertiary/aromatic N) is 1. The SMILES string of the molecule is CCCOc1ccc(/C=C(\C#N)c2cccc3ccccc23)cc1OCC. The Balaban J connectivity index is 2.03. The minimum Gasteiger partial charge on any atom is -0.490 e. The topological polar surface area (TPSA) is 42.2 Å². The van der Waals surface area contributed by atoms with Crippen molar-refractivity contribution in [2.75, 3.05) is 13.2 Å². The highest BCUT2D eigenvalue weighted by Gasteiger charge is 2.09. The van der Waals surface area contributed by atoms with Crippen LogP contribution in [0.15, 0.2) is 60.7 Å². The average molecular weight is 357 g/mol. The zero-order chi connectivity index (χ0) is 19.1. The molecule has 27 heavy (non-hydrogen) atoms. The minimum absolute atomic E-state index is 0.560. The molecule has 0 spiro atoms. The van der Waals surface area contributed by atoms with Crippen LogP contribution in [0.5, 0.6) is 11.5 Å². The van der Waals surface area contributed by atoms with Gasteiger partial charge in [-0.05, 0) is 47.9 Å². The summed E-state index contributed by atoms with van der Waals surface area (Å²) in [4.78, 5) is 0. The summed E-state index contributed by atoms with van der Waals surface area (Å²) in [7, 11) is 0. The van der Waals surface area contributed by atoms with Gasteiger partial charge in [0.2, 0.25) is 0 Å². The Labute approximate surface area is 160 Å². The average Bonchev–Trinajstić information content (AvgIpc) is 2.71. The largest absolute Gasteiger partial charge is 0.490 e. The summed E-state index contributed by atoms with van der Waals surface area (Å²) in [5.74, 6) is 1.44. The molecule has 3 heteroatoms. The standard InChI is InChI=1S/C24H23NO2/c1-3-14-27-23-13-12-18(16-24(23)26-4-2)15-20(17-25)22-11-7-9-19-8-5-6-10-21(19)22/h5-13,15-16H,3-4,14H2,1-2H3/b20-15+. The summed E-state index contributed by atoms with van der Waals surface area (Å²) in [5.41, 5.74) is 2.46. The second kappa shape index (κ2) is 8.91. The smallest absolute Gasteiger partial charge is 0.161 e. The number of hydrogen-bond acceptors (Lipinski definition) is 3. The maximum Gasteiger partial charge on any atom is 0.161 e. The van der Waals surface area contributed by atoms with Crippen LogP contribution in [0.4, 0.5) is 0 Å². The molecule has 0 saturated carbocycles. The Morgan fingerprint density at radius 1 is 0.963 bits per heavy atom. The van der Waals surface area contributed by atoms with Crippen LogP contribution in [0.3, 0.4) is 0 Å². The molecule has 136 valence electrons. The summed E-state index contributed by atoms with van der Waals surface area (Å²) in [6, 6.07) is 22.3. The van der Waals surface area contributed by atoms with E-state index in [2.05, 4.69) is 25.1 Å². The van der Waals surface area contributed by atoms with Gasteiger partial charge in [0.15, 0.2) is 11.5 Å². The molecule has 0 fully saturated rings. The summed E-state index contributed by atoms with van der Waals surface area (Å²) >= 11 is 0. The van der Waals surface area contributed by atoms with E-state index in [1.54, 1.807) is 0 Å². The lowest BCUT2D eigenvalue weighted by atomic mass is 9.97. The number of ether oxygens (including phenoxy) is 2. The summed E-state index contributed by atoms with van der Waals surface area (Å²) < 4.78 is 11.5. The summed E-state index contributed by atoms with van der Waals surface area (Å²) in [6.45, 7) is 5.22. The van der Waals surface area contributed by atoms with E-state index in [9.17, 15) is 5.26 Å². The molecule has 3 rings (SSSR count). The number of nitriles is 1. The Hall–Kier alpha value is -3.25. The maximum absolute atomic E-state index is 9.77. The molecule has 0 aromatic heterocycles. The molecule has 0 saturated heterocycles. The molecule has 0 aliphatic rings. The van der Waals surface area contributed by atoms with Gasteiger partial charge < -0.3 is 9.47 Å². The molecule has 0 heterocycles. The fraction of sp³-hybridized carbons (Fsp3) is 0.208. The zero-order valence-electron chi connectivity index (χ0n) is 15.7. The first-order valence-corrected chi connectivity index (χ1v) is 9.26. The lowest BCUT2D eigenvalue weighted by molar-refractivity contribution is 0.277. The second-order valence-corrected chi connectivity index (χ2v) is 6.18. The van der Waals surface area contributed by atoms with Crippen molar-refractivity contribution in [1.82, 2.24) is 0 Å². The van der Waals surface area contributed by atoms with E-state index in [4.69, 9.17) is 9.47 Å². The lowest BCUT2D eigenvalue weighted by Crippen LogP contribution is -2.00. The first-order chi connectivity index (χ1) is 13.3. The van der Waals surface area contributed by atoms with Gasteiger partial charge in [0.05, 0.1) is 24.9 Å². The number of fused-ring (bicyclic) bond motifs is 1. The van der Waals surface area contributed by atoms with Crippen LogP contribution in [0.2, 0.25) is 0 Å². The van der Waals surface area contributed by atoms with Crippen molar-refractivity contribution in [2.24, 2.45) is 0 Å². The van der Waals surface area contributed by atoms with Crippen molar-refractivity contribution in [3.63, 3.8) is 0 Å². The summed E-state index contributed by atoms with van der Waals surface area (Å²) in [5, 5.41) is 12.0. The van der Waals surface area contributed by atoms with E-state index in [-0.39, 0.29) is 0 Å². The van der Waals surface area contributed by atoms with E-state index < -0.39 is 0 Å². The number of benzene rings is 3. The highest BCUT2D eigenvalue weighted by molar-refractivity contribution is 6.01. The molecule has 3 aromatic carbocycles. The molecule has 3 nitrogen and oxygen atoms in total. The Morgan fingerprint density at radius 2 is 1.78 bits per heavy atom.